The molecule has 0 aromatic heterocycles. The molecule has 0 aliphatic rings. The van der Waals surface area contributed by atoms with E-state index in [4.69, 9.17) is 30.5 Å². The van der Waals surface area contributed by atoms with Gasteiger partial charge in [0.1, 0.15) is 12.3 Å². The lowest BCUT2D eigenvalue weighted by Crippen LogP contribution is -2.38. The number of carbonyl (C=O) groups excluding carboxylic acids is 2. The van der Waals surface area contributed by atoms with Crippen LogP contribution in [0.4, 0.5) is 11.4 Å². The molecule has 0 atom stereocenters. The van der Waals surface area contributed by atoms with E-state index in [0.717, 1.165) is 4.31 Å². The summed E-state index contributed by atoms with van der Waals surface area (Å²) in [5.74, 6) is -0.732. The van der Waals surface area contributed by atoms with Gasteiger partial charge in [0, 0.05) is 11.1 Å². The summed E-state index contributed by atoms with van der Waals surface area (Å²) in [7, 11) is 0.997. The highest BCUT2D eigenvalue weighted by Crippen LogP contribution is 2.37. The summed E-state index contributed by atoms with van der Waals surface area (Å²) in [6.07, 6.45) is 0. The molecule has 196 valence electrons. The number of esters is 1. The number of methoxy groups -OCH3 is 4. The Kier molecular flexibility index (Phi) is 8.85. The van der Waals surface area contributed by atoms with Crippen LogP contribution in [0.2, 0.25) is 5.02 Å². The van der Waals surface area contributed by atoms with Crippen molar-refractivity contribution in [2.75, 3.05) is 44.6 Å². The van der Waals surface area contributed by atoms with Crippen molar-refractivity contribution in [3.05, 3.63) is 71.2 Å². The molecule has 0 aliphatic carbocycles. The zero-order valence-electron chi connectivity index (χ0n) is 20.5. The molecule has 1 N–H and O–H groups in total. The fourth-order valence-electron chi connectivity index (χ4n) is 3.46. The van der Waals surface area contributed by atoms with Gasteiger partial charge in [0.15, 0.2) is 11.5 Å². The zero-order valence-corrected chi connectivity index (χ0v) is 22.1. The van der Waals surface area contributed by atoms with E-state index < -0.39 is 28.4 Å². The maximum Gasteiger partial charge on any atom is 0.339 e. The standard InChI is InChI=1S/C25H25ClN2O8S/c1-33-21-11-9-16(26)13-20(21)28(37(31,32)17-10-12-22(34-2)23(14-17)35-3)15-24(29)27-19-8-6-5-7-18(19)25(30)36-4/h5-14H,15H2,1-4H3,(H,27,29). The van der Waals surface area contributed by atoms with Crippen LogP contribution < -0.4 is 23.8 Å². The van der Waals surface area contributed by atoms with E-state index in [2.05, 4.69) is 5.32 Å². The van der Waals surface area contributed by atoms with E-state index in [-0.39, 0.29) is 38.4 Å². The van der Waals surface area contributed by atoms with Crippen LogP contribution in [-0.4, -0.2) is 55.3 Å². The number of hydrogen-bond acceptors (Lipinski definition) is 8. The van der Waals surface area contributed by atoms with Crippen molar-refractivity contribution < 1.29 is 37.0 Å². The van der Waals surface area contributed by atoms with Crippen LogP contribution in [0.3, 0.4) is 0 Å². The monoisotopic (exact) mass is 548 g/mol. The van der Waals surface area contributed by atoms with Gasteiger partial charge in [0.25, 0.3) is 10.0 Å². The maximum absolute atomic E-state index is 13.9. The Morgan fingerprint density at radius 1 is 0.865 bits per heavy atom. The molecule has 3 rings (SSSR count). The smallest absolute Gasteiger partial charge is 0.339 e. The second kappa shape index (κ2) is 11.8. The number of carbonyl (C=O) groups is 2. The molecule has 0 radical (unpaired) electrons. The molecule has 12 heteroatoms. The number of nitrogens with one attached hydrogen (secondary N) is 1. The summed E-state index contributed by atoms with van der Waals surface area (Å²) in [4.78, 5) is 25.1. The first kappa shape index (κ1) is 27.6. The molecule has 0 bridgehead atoms. The molecular formula is C25H25ClN2O8S. The van der Waals surface area contributed by atoms with Crippen molar-refractivity contribution in [2.24, 2.45) is 0 Å². The van der Waals surface area contributed by atoms with E-state index >= 15 is 0 Å². The SMILES string of the molecule is COC(=O)c1ccccc1NC(=O)CN(c1cc(Cl)ccc1OC)S(=O)(=O)c1ccc(OC)c(OC)c1. The van der Waals surface area contributed by atoms with Crippen molar-refractivity contribution in [1.29, 1.82) is 0 Å². The first-order valence-electron chi connectivity index (χ1n) is 10.7. The topological polar surface area (TPSA) is 120 Å². The third-order valence-corrected chi connectivity index (χ3v) is 7.24. The molecule has 0 saturated carbocycles. The molecule has 0 spiro atoms. The van der Waals surface area contributed by atoms with E-state index in [1.54, 1.807) is 12.1 Å². The van der Waals surface area contributed by atoms with Gasteiger partial charge in [-0.1, -0.05) is 23.7 Å². The largest absolute Gasteiger partial charge is 0.495 e. The first-order chi connectivity index (χ1) is 17.7. The Labute approximate surface area is 219 Å². The van der Waals surface area contributed by atoms with Gasteiger partial charge >= 0.3 is 5.97 Å². The Morgan fingerprint density at radius 3 is 2.16 bits per heavy atom. The van der Waals surface area contributed by atoms with Crippen molar-refractivity contribution in [2.45, 2.75) is 4.90 Å². The number of rotatable bonds is 10. The molecule has 0 saturated heterocycles. The van der Waals surface area contributed by atoms with Crippen LogP contribution >= 0.6 is 11.6 Å². The first-order valence-corrected chi connectivity index (χ1v) is 12.5. The summed E-state index contributed by atoms with van der Waals surface area (Å²) < 4.78 is 49.2. The lowest BCUT2D eigenvalue weighted by molar-refractivity contribution is -0.114. The number of halogens is 1. The number of sulfonamides is 1. The highest BCUT2D eigenvalue weighted by molar-refractivity contribution is 7.92. The molecule has 0 unspecified atom stereocenters. The maximum atomic E-state index is 13.9. The second-order valence-electron chi connectivity index (χ2n) is 7.43. The van der Waals surface area contributed by atoms with Crippen LogP contribution in [0.1, 0.15) is 10.4 Å². The van der Waals surface area contributed by atoms with Gasteiger partial charge in [0.2, 0.25) is 5.91 Å². The Bertz CT molecular complexity index is 1410. The summed E-state index contributed by atoms with van der Waals surface area (Å²) in [6.45, 7) is -0.678. The molecule has 0 fully saturated rings. The van der Waals surface area contributed by atoms with Crippen LogP contribution in [-0.2, 0) is 19.6 Å². The predicted octanol–water partition coefficient (Wildman–Crippen LogP) is 3.99. The van der Waals surface area contributed by atoms with Crippen molar-refractivity contribution in [3.63, 3.8) is 0 Å². The fraction of sp³-hybridized carbons (Fsp3) is 0.200. The molecular weight excluding hydrogens is 524 g/mol. The predicted molar refractivity (Wildman–Crippen MR) is 138 cm³/mol. The number of para-hydroxylation sites is 1. The highest BCUT2D eigenvalue weighted by atomic mass is 35.5. The zero-order chi connectivity index (χ0) is 27.2. The number of benzene rings is 3. The van der Waals surface area contributed by atoms with Crippen LogP contribution in [0, 0.1) is 0 Å². The van der Waals surface area contributed by atoms with Gasteiger partial charge in [-0.05, 0) is 42.5 Å². The number of amides is 1. The van der Waals surface area contributed by atoms with Crippen molar-refractivity contribution in [3.8, 4) is 17.2 Å². The van der Waals surface area contributed by atoms with E-state index in [1.165, 1.54) is 77.0 Å². The molecule has 0 heterocycles. The Hall–Kier alpha value is -3.96. The molecule has 3 aromatic rings. The molecule has 1 amide bonds. The number of anilines is 2. The lowest BCUT2D eigenvalue weighted by Gasteiger charge is -2.26. The van der Waals surface area contributed by atoms with E-state index in [9.17, 15) is 18.0 Å². The summed E-state index contributed by atoms with van der Waals surface area (Å²) >= 11 is 6.17. The quantitative estimate of drug-likeness (QED) is 0.378. The summed E-state index contributed by atoms with van der Waals surface area (Å²) in [5.41, 5.74) is 0.287. The number of hydrogen-bond donors (Lipinski definition) is 1. The number of ether oxygens (including phenoxy) is 4. The average Bonchev–Trinajstić information content (AvgIpc) is 2.90. The minimum Gasteiger partial charge on any atom is -0.495 e. The van der Waals surface area contributed by atoms with Gasteiger partial charge < -0.3 is 24.3 Å². The second-order valence-corrected chi connectivity index (χ2v) is 9.73. The minimum atomic E-state index is -4.37. The van der Waals surface area contributed by atoms with Gasteiger partial charge in [-0.15, -0.1) is 0 Å². The molecule has 3 aromatic carbocycles. The molecule has 37 heavy (non-hydrogen) atoms. The fourth-order valence-corrected chi connectivity index (χ4v) is 5.07. The van der Waals surface area contributed by atoms with Crippen LogP contribution in [0.15, 0.2) is 65.6 Å². The van der Waals surface area contributed by atoms with Crippen LogP contribution in [0.5, 0.6) is 17.2 Å². The summed E-state index contributed by atoms with van der Waals surface area (Å²) in [5, 5.41) is 2.80. The average molecular weight is 549 g/mol. The third-order valence-electron chi connectivity index (χ3n) is 5.25. The Morgan fingerprint density at radius 2 is 1.51 bits per heavy atom. The van der Waals surface area contributed by atoms with Gasteiger partial charge in [-0.3, -0.25) is 9.10 Å². The van der Waals surface area contributed by atoms with E-state index in [0.29, 0.717) is 5.75 Å². The Balaban J connectivity index is 2.08. The normalized spacial score (nSPS) is 10.8. The van der Waals surface area contributed by atoms with Crippen LogP contribution in [0.25, 0.3) is 0 Å². The lowest BCUT2D eigenvalue weighted by atomic mass is 10.2. The number of nitrogens with zero attached hydrogens (tertiary/aromatic N) is 1. The molecule has 0 aliphatic heterocycles. The molecule has 10 nitrogen and oxygen atoms in total. The van der Waals surface area contributed by atoms with Crippen molar-refractivity contribution >= 4 is 44.9 Å². The minimum absolute atomic E-state index is 0.0289. The van der Waals surface area contributed by atoms with Gasteiger partial charge in [-0.2, -0.15) is 0 Å². The van der Waals surface area contributed by atoms with E-state index in [1.807, 2.05) is 0 Å². The summed E-state index contributed by atoms with van der Waals surface area (Å²) in [6, 6.07) is 14.6. The van der Waals surface area contributed by atoms with Gasteiger partial charge in [0.05, 0.1) is 50.3 Å². The van der Waals surface area contributed by atoms with Gasteiger partial charge in [-0.25, -0.2) is 13.2 Å². The third kappa shape index (κ3) is 6.07. The van der Waals surface area contributed by atoms with Crippen molar-refractivity contribution in [1.82, 2.24) is 0 Å². The highest BCUT2D eigenvalue weighted by Gasteiger charge is 2.31.